The molecule has 1 heterocycles. The summed E-state index contributed by atoms with van der Waals surface area (Å²) in [4.78, 5) is 12.4. The quantitative estimate of drug-likeness (QED) is 0.471. The maximum Gasteiger partial charge on any atom is 0.335 e. The van der Waals surface area contributed by atoms with Crippen LogP contribution in [0.15, 0.2) is 66.2 Å². The molecule has 1 N–H and O–H groups in total. The lowest BCUT2D eigenvalue weighted by Crippen LogP contribution is -2.28. The van der Waals surface area contributed by atoms with Crippen LogP contribution in [0.5, 0.6) is 0 Å². The van der Waals surface area contributed by atoms with E-state index in [1.54, 1.807) is 4.68 Å². The molecule has 4 rings (SSSR count). The summed E-state index contributed by atoms with van der Waals surface area (Å²) in [6, 6.07) is 20.1. The molecule has 148 valence electrons. The van der Waals surface area contributed by atoms with Crippen LogP contribution in [0, 0.1) is 0 Å². The van der Waals surface area contributed by atoms with E-state index in [4.69, 9.17) is 4.74 Å². The van der Waals surface area contributed by atoms with Crippen molar-refractivity contribution in [2.75, 3.05) is 7.11 Å². The molecule has 1 unspecified atom stereocenters. The van der Waals surface area contributed by atoms with Gasteiger partial charge in [0.25, 0.3) is 0 Å². The summed E-state index contributed by atoms with van der Waals surface area (Å²) in [7, 11) is 1.38. The normalized spacial score (nSPS) is 15.1. The van der Waals surface area contributed by atoms with Crippen LogP contribution in [0.3, 0.4) is 0 Å². The zero-order valence-corrected chi connectivity index (χ0v) is 16.2. The van der Waals surface area contributed by atoms with Crippen LogP contribution >= 0.6 is 0 Å². The molecule has 0 saturated heterocycles. The lowest BCUT2D eigenvalue weighted by molar-refractivity contribution is -0.136. The molecule has 7 heteroatoms. The SMILES string of the molecule is COC(=O)/C(=C\c1ccccc1)Cn1nnnc1C(NC1CC1)c1ccccc1. The highest BCUT2D eigenvalue weighted by atomic mass is 16.5. The summed E-state index contributed by atoms with van der Waals surface area (Å²) >= 11 is 0. The lowest BCUT2D eigenvalue weighted by Gasteiger charge is -2.18. The van der Waals surface area contributed by atoms with Gasteiger partial charge in [0.05, 0.1) is 25.3 Å². The van der Waals surface area contributed by atoms with Gasteiger partial charge in [0.2, 0.25) is 0 Å². The summed E-state index contributed by atoms with van der Waals surface area (Å²) in [6.07, 6.45) is 4.10. The van der Waals surface area contributed by atoms with Gasteiger partial charge >= 0.3 is 5.97 Å². The van der Waals surface area contributed by atoms with Crippen molar-refractivity contribution in [3.05, 3.63) is 83.2 Å². The molecule has 1 atom stereocenters. The first kappa shape index (κ1) is 19.0. The number of nitrogens with zero attached hydrogens (tertiary/aromatic N) is 4. The third kappa shape index (κ3) is 4.75. The van der Waals surface area contributed by atoms with Gasteiger partial charge in [-0.2, -0.15) is 0 Å². The number of carbonyl (C=O) groups excluding carboxylic acids is 1. The molecule has 1 fully saturated rings. The van der Waals surface area contributed by atoms with Gasteiger partial charge in [-0.25, -0.2) is 9.48 Å². The molecular formula is C22H23N5O2. The average Bonchev–Trinajstić information content (AvgIpc) is 3.48. The Balaban J connectivity index is 1.66. The number of carbonyl (C=O) groups is 1. The van der Waals surface area contributed by atoms with E-state index < -0.39 is 5.97 Å². The first-order chi connectivity index (χ1) is 14.2. The van der Waals surface area contributed by atoms with Crippen molar-refractivity contribution in [1.82, 2.24) is 25.5 Å². The predicted octanol–water partition coefficient (Wildman–Crippen LogP) is 2.77. The van der Waals surface area contributed by atoms with Crippen LogP contribution in [-0.4, -0.2) is 39.3 Å². The van der Waals surface area contributed by atoms with E-state index in [9.17, 15) is 4.79 Å². The van der Waals surface area contributed by atoms with Crippen molar-refractivity contribution in [3.8, 4) is 0 Å². The number of benzene rings is 2. The molecule has 1 aliphatic carbocycles. The number of nitrogens with one attached hydrogen (secondary N) is 1. The second kappa shape index (κ2) is 8.79. The summed E-state index contributed by atoms with van der Waals surface area (Å²) in [5.74, 6) is 0.271. The van der Waals surface area contributed by atoms with E-state index in [0.717, 1.165) is 24.0 Å². The van der Waals surface area contributed by atoms with E-state index in [1.165, 1.54) is 7.11 Å². The number of ether oxygens (including phenoxy) is 1. The van der Waals surface area contributed by atoms with Crippen LogP contribution in [0.4, 0.5) is 0 Å². The van der Waals surface area contributed by atoms with Crippen LogP contribution < -0.4 is 5.32 Å². The lowest BCUT2D eigenvalue weighted by atomic mass is 10.1. The molecule has 0 bridgehead atoms. The highest BCUT2D eigenvalue weighted by Gasteiger charge is 2.30. The summed E-state index contributed by atoms with van der Waals surface area (Å²) in [6.45, 7) is 0.222. The van der Waals surface area contributed by atoms with Crippen LogP contribution in [0.25, 0.3) is 6.08 Å². The van der Waals surface area contributed by atoms with Crippen LogP contribution in [0.1, 0.15) is 35.8 Å². The van der Waals surface area contributed by atoms with Crippen molar-refractivity contribution in [1.29, 1.82) is 0 Å². The van der Waals surface area contributed by atoms with Crippen LogP contribution in [-0.2, 0) is 16.1 Å². The summed E-state index contributed by atoms with van der Waals surface area (Å²) < 4.78 is 6.65. The van der Waals surface area contributed by atoms with E-state index in [0.29, 0.717) is 17.4 Å². The Hall–Kier alpha value is -3.32. The first-order valence-electron chi connectivity index (χ1n) is 9.65. The molecule has 3 aromatic rings. The van der Waals surface area contributed by atoms with Gasteiger partial charge in [-0.15, -0.1) is 5.10 Å². The minimum Gasteiger partial charge on any atom is -0.466 e. The number of hydrogen-bond acceptors (Lipinski definition) is 6. The molecule has 0 radical (unpaired) electrons. The Kier molecular flexibility index (Phi) is 5.76. The fourth-order valence-corrected chi connectivity index (χ4v) is 3.19. The fraction of sp³-hybridized carbons (Fsp3) is 0.273. The second-order valence-corrected chi connectivity index (χ2v) is 7.05. The van der Waals surface area contributed by atoms with Gasteiger partial charge < -0.3 is 10.1 Å². The zero-order valence-electron chi connectivity index (χ0n) is 16.2. The minimum atomic E-state index is -0.401. The average molecular weight is 389 g/mol. The number of methoxy groups -OCH3 is 1. The highest BCUT2D eigenvalue weighted by Crippen LogP contribution is 2.27. The third-order valence-corrected chi connectivity index (χ3v) is 4.84. The molecule has 1 aromatic heterocycles. The van der Waals surface area contributed by atoms with Gasteiger partial charge in [0, 0.05) is 6.04 Å². The van der Waals surface area contributed by atoms with E-state index in [2.05, 4.69) is 33.0 Å². The van der Waals surface area contributed by atoms with Gasteiger partial charge in [-0.05, 0) is 40.5 Å². The van der Waals surface area contributed by atoms with Gasteiger partial charge in [0.1, 0.15) is 0 Å². The summed E-state index contributed by atoms with van der Waals surface area (Å²) in [5.41, 5.74) is 2.48. The van der Waals surface area contributed by atoms with Gasteiger partial charge in [0.15, 0.2) is 5.82 Å². The Bertz CT molecular complexity index is 981. The molecule has 7 nitrogen and oxygen atoms in total. The predicted molar refractivity (Wildman–Crippen MR) is 109 cm³/mol. The van der Waals surface area contributed by atoms with Gasteiger partial charge in [-0.1, -0.05) is 60.7 Å². The molecule has 0 spiro atoms. The molecule has 0 aliphatic heterocycles. The molecule has 1 saturated carbocycles. The second-order valence-electron chi connectivity index (χ2n) is 7.05. The third-order valence-electron chi connectivity index (χ3n) is 4.84. The maximum atomic E-state index is 12.4. The standard InChI is InChI=1S/C22H23N5O2/c1-29-22(28)18(14-16-8-4-2-5-9-16)15-27-21(24-25-26-27)20(23-19-12-13-19)17-10-6-3-7-11-17/h2-11,14,19-20,23H,12-13,15H2,1H3/b18-14-. The van der Waals surface area contributed by atoms with Gasteiger partial charge in [-0.3, -0.25) is 0 Å². The Labute approximate surface area is 169 Å². The highest BCUT2D eigenvalue weighted by molar-refractivity contribution is 5.93. The molecule has 2 aromatic carbocycles. The molecular weight excluding hydrogens is 366 g/mol. The fourth-order valence-electron chi connectivity index (χ4n) is 3.19. The zero-order chi connectivity index (χ0) is 20.1. The minimum absolute atomic E-state index is 0.144. The Morgan fingerprint density at radius 1 is 1.17 bits per heavy atom. The van der Waals surface area contributed by atoms with Crippen molar-refractivity contribution >= 4 is 12.0 Å². The first-order valence-corrected chi connectivity index (χ1v) is 9.65. The molecule has 0 amide bonds. The van der Waals surface area contributed by atoms with Crippen molar-refractivity contribution in [3.63, 3.8) is 0 Å². The summed E-state index contributed by atoms with van der Waals surface area (Å²) in [5, 5.41) is 15.9. The maximum absolute atomic E-state index is 12.4. The number of esters is 1. The number of hydrogen-bond donors (Lipinski definition) is 1. The number of tetrazole rings is 1. The van der Waals surface area contributed by atoms with Crippen molar-refractivity contribution in [2.24, 2.45) is 0 Å². The largest absolute Gasteiger partial charge is 0.466 e. The van der Waals surface area contributed by atoms with E-state index >= 15 is 0 Å². The van der Waals surface area contributed by atoms with Crippen molar-refractivity contribution in [2.45, 2.75) is 31.5 Å². The monoisotopic (exact) mass is 389 g/mol. The van der Waals surface area contributed by atoms with Crippen molar-refractivity contribution < 1.29 is 9.53 Å². The Morgan fingerprint density at radius 2 is 1.86 bits per heavy atom. The Morgan fingerprint density at radius 3 is 2.52 bits per heavy atom. The van der Waals surface area contributed by atoms with E-state index in [-0.39, 0.29) is 12.6 Å². The molecule has 1 aliphatic rings. The number of aromatic nitrogens is 4. The topological polar surface area (TPSA) is 81.9 Å². The van der Waals surface area contributed by atoms with E-state index in [1.807, 2.05) is 54.6 Å². The van der Waals surface area contributed by atoms with Crippen LogP contribution in [0.2, 0.25) is 0 Å². The molecule has 29 heavy (non-hydrogen) atoms. The number of rotatable bonds is 8. The smallest absolute Gasteiger partial charge is 0.335 e.